The van der Waals surface area contributed by atoms with Crippen molar-refractivity contribution in [2.75, 3.05) is 51.3 Å². The number of piperidine rings is 1. The van der Waals surface area contributed by atoms with Crippen LogP contribution < -0.4 is 20.7 Å². The normalized spacial score (nSPS) is 18.2. The van der Waals surface area contributed by atoms with E-state index in [1.54, 1.807) is 23.2 Å². The number of amides is 4. The number of esters is 1. The number of nitrogens with zero attached hydrogens (tertiary/aromatic N) is 4. The molecule has 1 unspecified atom stereocenters. The number of carbonyl (C=O) groups is 3. The number of carbonyl (C=O) groups excluding carboxylic acids is 3. The lowest BCUT2D eigenvalue weighted by molar-refractivity contribution is -0.150. The van der Waals surface area contributed by atoms with Gasteiger partial charge >= 0.3 is 18.0 Å². The maximum atomic E-state index is 15.2. The number of anilines is 1. The van der Waals surface area contributed by atoms with Gasteiger partial charge in [0.15, 0.2) is 11.6 Å². The number of rotatable bonds is 10. The van der Waals surface area contributed by atoms with Gasteiger partial charge in [-0.25, -0.2) is 14.0 Å². The van der Waals surface area contributed by atoms with Crippen molar-refractivity contribution >= 4 is 45.3 Å². The molecule has 15 heteroatoms. The smallest absolute Gasteiger partial charge is 0.319 e. The van der Waals surface area contributed by atoms with Crippen LogP contribution in [0, 0.1) is 11.7 Å². The number of aromatic nitrogens is 2. The van der Waals surface area contributed by atoms with E-state index >= 15 is 4.39 Å². The van der Waals surface area contributed by atoms with Gasteiger partial charge in [-0.3, -0.25) is 19.7 Å². The van der Waals surface area contributed by atoms with Crippen molar-refractivity contribution < 1.29 is 33.0 Å². The lowest BCUT2D eigenvalue weighted by Crippen LogP contribution is -2.65. The number of likely N-dealkylation sites (tertiary alicyclic amines) is 2. The predicted molar refractivity (Wildman–Crippen MR) is 185 cm³/mol. The van der Waals surface area contributed by atoms with E-state index in [0.29, 0.717) is 57.3 Å². The van der Waals surface area contributed by atoms with Crippen molar-refractivity contribution in [3.05, 3.63) is 66.2 Å². The molecule has 3 aliphatic heterocycles. The fourth-order valence-electron chi connectivity index (χ4n) is 6.15. The molecule has 7 rings (SSSR count). The van der Waals surface area contributed by atoms with E-state index in [1.807, 2.05) is 31.3 Å². The van der Waals surface area contributed by atoms with Crippen LogP contribution in [0.5, 0.6) is 11.5 Å². The molecule has 3 aromatic heterocycles. The highest BCUT2D eigenvalue weighted by atomic mass is 32.1. The number of urea groups is 2. The minimum absolute atomic E-state index is 0.00121. The summed E-state index contributed by atoms with van der Waals surface area (Å²) in [4.78, 5) is 50.8. The highest BCUT2D eigenvalue weighted by Crippen LogP contribution is 2.39. The molecule has 3 saturated heterocycles. The van der Waals surface area contributed by atoms with Crippen LogP contribution in [-0.4, -0.2) is 95.9 Å². The fourth-order valence-corrected chi connectivity index (χ4v) is 7.19. The molecule has 0 bridgehead atoms. The van der Waals surface area contributed by atoms with Crippen LogP contribution in [0.25, 0.3) is 20.8 Å². The Balaban J connectivity index is 0.936. The molecular weight excluding hydrogens is 665 g/mol. The number of pyridine rings is 2. The first-order valence-corrected chi connectivity index (χ1v) is 17.5. The number of thiophene rings is 1. The summed E-state index contributed by atoms with van der Waals surface area (Å²) in [6, 6.07) is 11.0. The van der Waals surface area contributed by atoms with Gasteiger partial charge in [0.2, 0.25) is 0 Å². The summed E-state index contributed by atoms with van der Waals surface area (Å²) >= 11 is 1.45. The van der Waals surface area contributed by atoms with E-state index in [2.05, 4.69) is 25.8 Å². The second kappa shape index (κ2) is 14.9. The number of ether oxygens (including phenoxy) is 3. The van der Waals surface area contributed by atoms with Gasteiger partial charge in [0.25, 0.3) is 0 Å². The summed E-state index contributed by atoms with van der Waals surface area (Å²) in [5.74, 6) is -0.403. The second-order valence-corrected chi connectivity index (χ2v) is 13.7. The molecule has 3 N–H and O–H groups in total. The van der Waals surface area contributed by atoms with E-state index < -0.39 is 11.8 Å². The molecule has 3 aliphatic rings. The first-order valence-electron chi connectivity index (χ1n) is 16.7. The van der Waals surface area contributed by atoms with Crippen LogP contribution in [0.1, 0.15) is 25.3 Å². The molecule has 0 radical (unpaired) electrons. The third-order valence-corrected chi connectivity index (χ3v) is 10.0. The number of halogens is 1. The van der Waals surface area contributed by atoms with E-state index in [-0.39, 0.29) is 41.4 Å². The Hall–Kier alpha value is -4.86. The summed E-state index contributed by atoms with van der Waals surface area (Å²) < 4.78 is 32.2. The van der Waals surface area contributed by atoms with E-state index in [1.165, 1.54) is 23.5 Å². The fraction of sp³-hybridized carbons (Fsp3) is 0.400. The lowest BCUT2D eigenvalue weighted by atomic mass is 9.98. The highest BCUT2D eigenvalue weighted by molar-refractivity contribution is 7.22. The number of nitrogens with one attached hydrogen (secondary N) is 3. The highest BCUT2D eigenvalue weighted by Gasteiger charge is 2.34. The van der Waals surface area contributed by atoms with E-state index in [9.17, 15) is 14.4 Å². The Labute approximate surface area is 292 Å². The van der Waals surface area contributed by atoms with Crippen LogP contribution in [0.3, 0.4) is 0 Å². The molecule has 4 amide bonds. The first-order chi connectivity index (χ1) is 24.3. The number of hydrogen-bond acceptors (Lipinski definition) is 10. The number of benzene rings is 1. The van der Waals surface area contributed by atoms with Crippen LogP contribution in [0.15, 0.2) is 54.9 Å². The zero-order valence-corrected chi connectivity index (χ0v) is 28.3. The molecule has 0 aliphatic carbocycles. The maximum absolute atomic E-state index is 15.2. The minimum Gasteiger partial charge on any atom is -0.466 e. The van der Waals surface area contributed by atoms with Crippen molar-refractivity contribution in [3.63, 3.8) is 0 Å². The third-order valence-electron chi connectivity index (χ3n) is 8.86. The third kappa shape index (κ3) is 7.79. The Morgan fingerprint density at radius 2 is 1.88 bits per heavy atom. The second-order valence-electron chi connectivity index (χ2n) is 12.6. The molecule has 13 nitrogen and oxygen atoms in total. The molecule has 1 aromatic carbocycles. The molecular formula is C35H38FN7O6S. The first kappa shape index (κ1) is 33.6. The number of fused-ring (bicyclic) bond motifs is 1. The SMILES string of the molecule is CCOC(=O)C1CCCN(Cc2ccc(-c3cc4nccc(Oc5ccc(NC(=O)NC6CN(C(=O)NC7COC7)C6)cc5F)c4s3)nc2)C1. The van der Waals surface area contributed by atoms with Crippen LogP contribution in [0.4, 0.5) is 19.7 Å². The average molecular weight is 704 g/mol. The van der Waals surface area contributed by atoms with Gasteiger partial charge in [-0.15, -0.1) is 11.3 Å². The Kier molecular flexibility index (Phi) is 10.1. The molecule has 6 heterocycles. The molecule has 3 fully saturated rings. The largest absolute Gasteiger partial charge is 0.466 e. The van der Waals surface area contributed by atoms with Crippen LogP contribution in [-0.2, 0) is 20.8 Å². The maximum Gasteiger partial charge on any atom is 0.319 e. The Morgan fingerprint density at radius 3 is 2.62 bits per heavy atom. The summed E-state index contributed by atoms with van der Waals surface area (Å²) in [7, 11) is 0. The van der Waals surface area contributed by atoms with Gasteiger partial charge in [-0.1, -0.05) is 6.07 Å². The summed E-state index contributed by atoms with van der Waals surface area (Å²) in [5, 5.41) is 8.29. The molecule has 262 valence electrons. The number of hydrogen-bond donors (Lipinski definition) is 3. The van der Waals surface area contributed by atoms with Gasteiger partial charge in [0, 0.05) is 56.4 Å². The van der Waals surface area contributed by atoms with Crippen LogP contribution in [0.2, 0.25) is 0 Å². The average Bonchev–Trinajstić information content (AvgIpc) is 3.51. The topological polar surface area (TPSA) is 147 Å². The zero-order chi connectivity index (χ0) is 34.6. The van der Waals surface area contributed by atoms with Gasteiger partial charge in [-0.2, -0.15) is 0 Å². The van der Waals surface area contributed by atoms with Crippen molar-refractivity contribution in [2.24, 2.45) is 5.92 Å². The summed E-state index contributed by atoms with van der Waals surface area (Å²) in [5.41, 5.74) is 2.80. The van der Waals surface area contributed by atoms with Crippen LogP contribution >= 0.6 is 11.3 Å². The molecule has 50 heavy (non-hydrogen) atoms. The van der Waals surface area contributed by atoms with Gasteiger partial charge in [-0.05, 0) is 56.1 Å². The monoisotopic (exact) mass is 703 g/mol. The van der Waals surface area contributed by atoms with Crippen molar-refractivity contribution in [1.82, 2.24) is 30.4 Å². The lowest BCUT2D eigenvalue weighted by Gasteiger charge is -2.40. The quantitative estimate of drug-likeness (QED) is 0.195. The molecule has 0 saturated carbocycles. The van der Waals surface area contributed by atoms with Gasteiger partial charge in [0.05, 0.1) is 58.6 Å². The minimum atomic E-state index is -0.643. The predicted octanol–water partition coefficient (Wildman–Crippen LogP) is 4.98. The molecule has 0 spiro atoms. The summed E-state index contributed by atoms with van der Waals surface area (Å²) in [6.45, 7) is 6.35. The van der Waals surface area contributed by atoms with E-state index in [0.717, 1.165) is 40.2 Å². The van der Waals surface area contributed by atoms with Crippen molar-refractivity contribution in [3.8, 4) is 22.1 Å². The zero-order valence-electron chi connectivity index (χ0n) is 27.5. The van der Waals surface area contributed by atoms with Gasteiger partial charge in [0.1, 0.15) is 5.75 Å². The van der Waals surface area contributed by atoms with E-state index in [4.69, 9.17) is 19.2 Å². The standard InChI is InChI=1S/C35H38FN7O6S/c1-2-48-33(44)22-4-3-11-42(16-22)15-21-5-7-27(38-14-21)31-13-28-32(50-31)30(9-10-37-28)49-29-8-6-23(12-26(29)36)39-34(45)40-24-17-43(18-24)35(46)41-25-19-47-20-25/h5-10,12-14,22,24-25H,2-4,11,15-20H2,1H3,(H,41,46)(H2,39,40,45). The Morgan fingerprint density at radius 1 is 1.02 bits per heavy atom. The molecule has 1 atom stereocenters. The van der Waals surface area contributed by atoms with Gasteiger partial charge < -0.3 is 35.1 Å². The van der Waals surface area contributed by atoms with Crippen molar-refractivity contribution in [1.29, 1.82) is 0 Å². The summed E-state index contributed by atoms with van der Waals surface area (Å²) in [6.07, 6.45) is 5.28. The Bertz CT molecular complexity index is 1860. The van der Waals surface area contributed by atoms with Crippen molar-refractivity contribution in [2.45, 2.75) is 38.4 Å². The molecule has 4 aromatic rings.